The molecule has 18 heavy (non-hydrogen) atoms. The lowest BCUT2D eigenvalue weighted by Gasteiger charge is -2.13. The van der Waals surface area contributed by atoms with Crippen molar-refractivity contribution in [3.63, 3.8) is 0 Å². The highest BCUT2D eigenvalue weighted by molar-refractivity contribution is 7.98. The molecule has 0 aliphatic heterocycles. The van der Waals surface area contributed by atoms with Crippen LogP contribution in [0.4, 0.5) is 0 Å². The van der Waals surface area contributed by atoms with E-state index in [-0.39, 0.29) is 5.91 Å². The Morgan fingerprint density at radius 1 is 1.22 bits per heavy atom. The van der Waals surface area contributed by atoms with Crippen LogP contribution in [0.15, 0.2) is 0 Å². The molecule has 0 aliphatic carbocycles. The minimum absolute atomic E-state index is 0.139. The average Bonchev–Trinajstić information content (AvgIpc) is 2.33. The first-order valence-electron chi connectivity index (χ1n) is 6.63. The second-order valence-corrected chi connectivity index (χ2v) is 5.39. The number of amides is 1. The molecule has 4 nitrogen and oxygen atoms in total. The monoisotopic (exact) mass is 275 g/mol. The van der Waals surface area contributed by atoms with Crippen molar-refractivity contribution < 1.29 is 14.7 Å². The van der Waals surface area contributed by atoms with Gasteiger partial charge in [0.1, 0.15) is 6.04 Å². The third kappa shape index (κ3) is 9.33. The molecule has 0 aromatic heterocycles. The smallest absolute Gasteiger partial charge is 0.326 e. The predicted molar refractivity (Wildman–Crippen MR) is 75.9 cm³/mol. The van der Waals surface area contributed by atoms with Crippen molar-refractivity contribution in [2.24, 2.45) is 0 Å². The van der Waals surface area contributed by atoms with E-state index < -0.39 is 12.0 Å². The molecule has 1 unspecified atom stereocenters. The molecule has 0 heterocycles. The van der Waals surface area contributed by atoms with Gasteiger partial charge in [0.2, 0.25) is 5.91 Å². The third-order valence-corrected chi connectivity index (χ3v) is 3.40. The number of carboxylic acid groups (broad SMARTS) is 1. The Bertz CT molecular complexity index is 246. The highest BCUT2D eigenvalue weighted by Crippen LogP contribution is 2.06. The van der Waals surface area contributed by atoms with E-state index in [0.717, 1.165) is 25.0 Å². The minimum atomic E-state index is -0.941. The molecule has 0 aromatic carbocycles. The van der Waals surface area contributed by atoms with E-state index in [1.54, 1.807) is 11.8 Å². The summed E-state index contributed by atoms with van der Waals surface area (Å²) >= 11 is 1.59. The lowest BCUT2D eigenvalue weighted by molar-refractivity contribution is -0.141. The number of carboxylic acids is 1. The van der Waals surface area contributed by atoms with E-state index >= 15 is 0 Å². The Labute approximate surface area is 114 Å². The molecule has 0 aliphatic rings. The van der Waals surface area contributed by atoms with E-state index in [2.05, 4.69) is 12.2 Å². The molecule has 2 N–H and O–H groups in total. The van der Waals surface area contributed by atoms with Gasteiger partial charge >= 0.3 is 5.97 Å². The van der Waals surface area contributed by atoms with Gasteiger partial charge in [-0.25, -0.2) is 4.79 Å². The first-order valence-corrected chi connectivity index (χ1v) is 8.02. The van der Waals surface area contributed by atoms with Gasteiger partial charge in [0, 0.05) is 6.42 Å². The molecular formula is C13H25NO3S. The molecule has 0 fully saturated rings. The fraction of sp³-hybridized carbons (Fsp3) is 0.846. The largest absolute Gasteiger partial charge is 0.480 e. The van der Waals surface area contributed by atoms with Crippen molar-refractivity contribution >= 4 is 23.6 Å². The zero-order valence-electron chi connectivity index (χ0n) is 11.4. The molecule has 106 valence electrons. The van der Waals surface area contributed by atoms with Gasteiger partial charge < -0.3 is 10.4 Å². The second-order valence-electron chi connectivity index (χ2n) is 4.40. The molecule has 0 radical (unpaired) electrons. The van der Waals surface area contributed by atoms with Gasteiger partial charge in [-0.2, -0.15) is 11.8 Å². The van der Waals surface area contributed by atoms with Crippen molar-refractivity contribution in [2.75, 3.05) is 12.0 Å². The summed E-state index contributed by atoms with van der Waals surface area (Å²) in [4.78, 5) is 22.5. The van der Waals surface area contributed by atoms with Crippen molar-refractivity contribution in [2.45, 2.75) is 57.9 Å². The number of nitrogens with one attached hydrogen (secondary N) is 1. The molecular weight excluding hydrogens is 250 g/mol. The lowest BCUT2D eigenvalue weighted by Crippen LogP contribution is -2.41. The molecule has 5 heteroatoms. The Morgan fingerprint density at radius 3 is 2.44 bits per heavy atom. The molecule has 1 atom stereocenters. The number of aliphatic carboxylic acids is 1. The zero-order chi connectivity index (χ0) is 13.8. The van der Waals surface area contributed by atoms with Gasteiger partial charge in [0.15, 0.2) is 0 Å². The highest BCUT2D eigenvalue weighted by atomic mass is 32.2. The van der Waals surface area contributed by atoms with Crippen LogP contribution in [0.3, 0.4) is 0 Å². The topological polar surface area (TPSA) is 66.4 Å². The number of hydrogen-bond acceptors (Lipinski definition) is 3. The van der Waals surface area contributed by atoms with Crippen molar-refractivity contribution in [1.82, 2.24) is 5.32 Å². The molecule has 0 saturated heterocycles. The molecule has 0 saturated carbocycles. The van der Waals surface area contributed by atoms with E-state index in [0.29, 0.717) is 12.8 Å². The van der Waals surface area contributed by atoms with Crippen LogP contribution in [0.5, 0.6) is 0 Å². The van der Waals surface area contributed by atoms with Crippen LogP contribution in [0.1, 0.15) is 51.9 Å². The van der Waals surface area contributed by atoms with Gasteiger partial charge in [-0.1, -0.05) is 32.6 Å². The maximum Gasteiger partial charge on any atom is 0.326 e. The maximum atomic E-state index is 11.6. The third-order valence-electron chi connectivity index (χ3n) is 2.75. The zero-order valence-corrected chi connectivity index (χ0v) is 12.2. The Morgan fingerprint density at radius 2 is 1.89 bits per heavy atom. The summed E-state index contributed by atoms with van der Waals surface area (Å²) in [6.45, 7) is 2.15. The SMILES string of the molecule is CCCCCCCC(=O)NC(CCSC)C(=O)O. The van der Waals surface area contributed by atoms with Crippen molar-refractivity contribution in [3.05, 3.63) is 0 Å². The Kier molecular flexibility index (Phi) is 10.9. The lowest BCUT2D eigenvalue weighted by atomic mass is 10.1. The molecule has 0 rings (SSSR count). The van der Waals surface area contributed by atoms with Crippen LogP contribution >= 0.6 is 11.8 Å². The predicted octanol–water partition coefficient (Wildman–Crippen LogP) is 2.67. The highest BCUT2D eigenvalue weighted by Gasteiger charge is 2.18. The van der Waals surface area contributed by atoms with Gasteiger partial charge in [-0.3, -0.25) is 4.79 Å². The Balaban J connectivity index is 3.77. The number of hydrogen-bond donors (Lipinski definition) is 2. The summed E-state index contributed by atoms with van der Waals surface area (Å²) in [6.07, 6.45) is 8.28. The summed E-state index contributed by atoms with van der Waals surface area (Å²) in [6, 6.07) is -0.736. The van der Waals surface area contributed by atoms with E-state index in [1.807, 2.05) is 6.26 Å². The van der Waals surface area contributed by atoms with Crippen LogP contribution < -0.4 is 5.32 Å². The molecule has 0 aromatic rings. The summed E-state index contributed by atoms with van der Waals surface area (Å²) in [7, 11) is 0. The van der Waals surface area contributed by atoms with Gasteiger partial charge in [0.05, 0.1) is 0 Å². The quantitative estimate of drug-likeness (QED) is 0.569. The second kappa shape index (κ2) is 11.4. The summed E-state index contributed by atoms with van der Waals surface area (Å²) < 4.78 is 0. The summed E-state index contributed by atoms with van der Waals surface area (Å²) in [5, 5.41) is 11.6. The van der Waals surface area contributed by atoms with Crippen LogP contribution in [0.25, 0.3) is 0 Å². The van der Waals surface area contributed by atoms with Crippen LogP contribution in [0.2, 0.25) is 0 Å². The van der Waals surface area contributed by atoms with Crippen molar-refractivity contribution in [3.8, 4) is 0 Å². The molecule has 0 bridgehead atoms. The average molecular weight is 275 g/mol. The molecule has 1 amide bonds. The standard InChI is InChI=1S/C13H25NO3S/c1-3-4-5-6-7-8-12(15)14-11(13(16)17)9-10-18-2/h11H,3-10H2,1-2H3,(H,14,15)(H,16,17). The normalized spacial score (nSPS) is 12.1. The number of carbonyl (C=O) groups is 2. The van der Waals surface area contributed by atoms with Gasteiger partial charge in [-0.05, 0) is 24.9 Å². The number of carbonyl (C=O) groups excluding carboxylic acids is 1. The fourth-order valence-corrected chi connectivity index (χ4v) is 2.12. The van der Waals surface area contributed by atoms with Gasteiger partial charge in [0.25, 0.3) is 0 Å². The van der Waals surface area contributed by atoms with E-state index in [4.69, 9.17) is 5.11 Å². The summed E-state index contributed by atoms with van der Waals surface area (Å²) in [5.74, 6) is -0.336. The van der Waals surface area contributed by atoms with Crippen LogP contribution in [0, 0.1) is 0 Å². The minimum Gasteiger partial charge on any atom is -0.480 e. The maximum absolute atomic E-state index is 11.6. The first kappa shape index (κ1) is 17.3. The number of unbranched alkanes of at least 4 members (excludes halogenated alkanes) is 4. The summed E-state index contributed by atoms with van der Waals surface area (Å²) in [5.41, 5.74) is 0. The van der Waals surface area contributed by atoms with Crippen LogP contribution in [-0.2, 0) is 9.59 Å². The molecule has 0 spiro atoms. The Hall–Kier alpha value is -0.710. The number of thioether (sulfide) groups is 1. The van der Waals surface area contributed by atoms with Crippen molar-refractivity contribution in [1.29, 1.82) is 0 Å². The number of rotatable bonds is 11. The van der Waals surface area contributed by atoms with Crippen LogP contribution in [-0.4, -0.2) is 35.0 Å². The fourth-order valence-electron chi connectivity index (χ4n) is 1.65. The first-order chi connectivity index (χ1) is 8.61. The van der Waals surface area contributed by atoms with E-state index in [1.165, 1.54) is 12.8 Å². The van der Waals surface area contributed by atoms with Gasteiger partial charge in [-0.15, -0.1) is 0 Å². The van der Waals surface area contributed by atoms with E-state index in [9.17, 15) is 9.59 Å².